The minimum absolute atomic E-state index is 0.218. The second-order valence-electron chi connectivity index (χ2n) is 4.70. The summed E-state index contributed by atoms with van der Waals surface area (Å²) in [6.07, 6.45) is -0.218. The molecular weight excluding hydrogens is 274 g/mol. The lowest BCUT2D eigenvalue weighted by Gasteiger charge is -2.15. The summed E-state index contributed by atoms with van der Waals surface area (Å²) in [4.78, 5) is 12.3. The van der Waals surface area contributed by atoms with Gasteiger partial charge in [-0.15, -0.1) is 0 Å². The third-order valence-corrected chi connectivity index (χ3v) is 3.15. The Morgan fingerprint density at radius 2 is 1.80 bits per heavy atom. The zero-order valence-electron chi connectivity index (χ0n) is 11.4. The zero-order chi connectivity index (χ0) is 14.7. The zero-order valence-corrected chi connectivity index (χ0v) is 12.1. The van der Waals surface area contributed by atoms with Crippen molar-refractivity contribution in [1.29, 1.82) is 0 Å². The molecule has 0 aliphatic rings. The van der Waals surface area contributed by atoms with Crippen LogP contribution in [-0.4, -0.2) is 12.1 Å². The van der Waals surface area contributed by atoms with E-state index in [1.165, 1.54) is 0 Å². The summed E-state index contributed by atoms with van der Waals surface area (Å²) >= 11 is 6.02. The molecule has 0 aromatic heterocycles. The largest absolute Gasteiger partial charge is 0.459 e. The fraction of sp³-hybridized carbons (Fsp3) is 0.188. The van der Waals surface area contributed by atoms with Crippen LogP contribution in [-0.2, 0) is 4.74 Å². The number of carbonyl (C=O) groups excluding carboxylic acids is 1. The summed E-state index contributed by atoms with van der Waals surface area (Å²) in [6, 6.07) is 13.0. The molecule has 0 aliphatic carbocycles. The molecule has 2 N–H and O–H groups in total. The van der Waals surface area contributed by atoms with Gasteiger partial charge in [0.1, 0.15) is 0 Å². The predicted molar refractivity (Wildman–Crippen MR) is 81.9 cm³/mol. The lowest BCUT2D eigenvalue weighted by molar-refractivity contribution is 0.0380. The summed E-state index contributed by atoms with van der Waals surface area (Å²) in [6.45, 7) is 3.58. The van der Waals surface area contributed by atoms with Crippen molar-refractivity contribution in [2.45, 2.75) is 20.0 Å². The van der Waals surface area contributed by atoms with Gasteiger partial charge in [0.25, 0.3) is 0 Å². The van der Waals surface area contributed by atoms with Gasteiger partial charge in [-0.05, 0) is 31.0 Å². The Morgan fingerprint density at radius 1 is 1.15 bits per heavy atom. The predicted octanol–water partition coefficient (Wildman–Crippen LogP) is 4.15. The van der Waals surface area contributed by atoms with Crippen molar-refractivity contribution in [3.63, 3.8) is 0 Å². The molecule has 2 rings (SSSR count). The van der Waals surface area contributed by atoms with E-state index in [0.717, 1.165) is 11.1 Å². The number of rotatable bonds is 3. The average Bonchev–Trinajstić information content (AvgIpc) is 2.41. The monoisotopic (exact) mass is 289 g/mol. The highest BCUT2D eigenvalue weighted by Gasteiger charge is 2.20. The summed E-state index contributed by atoms with van der Waals surface area (Å²) in [5.41, 5.74) is 8.15. The maximum absolute atomic E-state index is 12.3. The first-order valence-electron chi connectivity index (χ1n) is 6.35. The van der Waals surface area contributed by atoms with E-state index in [1.807, 2.05) is 30.3 Å². The van der Waals surface area contributed by atoms with Crippen LogP contribution < -0.4 is 5.73 Å². The molecule has 3 nitrogen and oxygen atoms in total. The van der Waals surface area contributed by atoms with Gasteiger partial charge < -0.3 is 10.5 Å². The van der Waals surface area contributed by atoms with Crippen molar-refractivity contribution in [3.8, 4) is 11.1 Å². The van der Waals surface area contributed by atoms with Crippen molar-refractivity contribution in [2.24, 2.45) is 0 Å². The number of esters is 1. The molecule has 0 saturated carbocycles. The number of hydrogen-bond acceptors (Lipinski definition) is 3. The SMILES string of the molecule is CC(C)OC(=O)c1c(-c2ccccc2)ccc(Cl)c1N. The first-order chi connectivity index (χ1) is 9.50. The van der Waals surface area contributed by atoms with Crippen molar-refractivity contribution < 1.29 is 9.53 Å². The highest BCUT2D eigenvalue weighted by atomic mass is 35.5. The smallest absolute Gasteiger partial charge is 0.341 e. The number of hydrogen-bond donors (Lipinski definition) is 1. The number of carbonyl (C=O) groups is 1. The number of halogens is 1. The van der Waals surface area contributed by atoms with Crippen LogP contribution in [0.25, 0.3) is 11.1 Å². The van der Waals surface area contributed by atoms with E-state index in [0.29, 0.717) is 10.6 Å². The van der Waals surface area contributed by atoms with E-state index in [4.69, 9.17) is 22.1 Å². The molecule has 20 heavy (non-hydrogen) atoms. The Kier molecular flexibility index (Phi) is 4.30. The van der Waals surface area contributed by atoms with Crippen molar-refractivity contribution in [1.82, 2.24) is 0 Å². The van der Waals surface area contributed by atoms with Crippen LogP contribution in [0.3, 0.4) is 0 Å². The van der Waals surface area contributed by atoms with Crippen LogP contribution in [0, 0.1) is 0 Å². The minimum Gasteiger partial charge on any atom is -0.459 e. The Balaban J connectivity index is 2.58. The van der Waals surface area contributed by atoms with Gasteiger partial charge in [0, 0.05) is 0 Å². The van der Waals surface area contributed by atoms with Crippen molar-refractivity contribution in [2.75, 3.05) is 5.73 Å². The quantitative estimate of drug-likeness (QED) is 0.682. The second kappa shape index (κ2) is 5.97. The van der Waals surface area contributed by atoms with Gasteiger partial charge in [-0.3, -0.25) is 0 Å². The van der Waals surface area contributed by atoms with Crippen LogP contribution in [0.4, 0.5) is 5.69 Å². The molecule has 0 spiro atoms. The van der Waals surface area contributed by atoms with Crippen molar-refractivity contribution >= 4 is 23.3 Å². The summed E-state index contributed by atoms with van der Waals surface area (Å²) in [5.74, 6) is -0.459. The first-order valence-corrected chi connectivity index (χ1v) is 6.73. The maximum atomic E-state index is 12.3. The average molecular weight is 290 g/mol. The van der Waals surface area contributed by atoms with E-state index in [1.54, 1.807) is 26.0 Å². The van der Waals surface area contributed by atoms with E-state index < -0.39 is 5.97 Å². The van der Waals surface area contributed by atoms with Gasteiger partial charge in [0.15, 0.2) is 0 Å². The Morgan fingerprint density at radius 3 is 2.40 bits per heavy atom. The molecule has 0 unspecified atom stereocenters. The molecular formula is C16H16ClNO2. The molecule has 104 valence electrons. The Labute approximate surface area is 123 Å². The van der Waals surface area contributed by atoms with Crippen LogP contribution in [0.15, 0.2) is 42.5 Å². The molecule has 0 aliphatic heterocycles. The van der Waals surface area contributed by atoms with Gasteiger partial charge >= 0.3 is 5.97 Å². The summed E-state index contributed by atoms with van der Waals surface area (Å²) in [7, 11) is 0. The van der Waals surface area contributed by atoms with Crippen molar-refractivity contribution in [3.05, 3.63) is 53.1 Å². The Hall–Kier alpha value is -2.00. The fourth-order valence-electron chi connectivity index (χ4n) is 1.95. The number of benzene rings is 2. The summed E-state index contributed by atoms with van der Waals surface area (Å²) in [5, 5.41) is 0.348. The highest BCUT2D eigenvalue weighted by Crippen LogP contribution is 2.33. The lowest BCUT2D eigenvalue weighted by Crippen LogP contribution is -2.15. The molecule has 0 radical (unpaired) electrons. The van der Waals surface area contributed by atoms with Gasteiger partial charge in [-0.1, -0.05) is 48.0 Å². The fourth-order valence-corrected chi connectivity index (χ4v) is 2.10. The third kappa shape index (κ3) is 2.94. The number of ether oxygens (including phenoxy) is 1. The number of anilines is 1. The lowest BCUT2D eigenvalue weighted by atomic mass is 9.98. The topological polar surface area (TPSA) is 52.3 Å². The van der Waals surface area contributed by atoms with Crippen LogP contribution >= 0.6 is 11.6 Å². The number of nitrogen functional groups attached to an aromatic ring is 1. The molecule has 0 atom stereocenters. The molecule has 0 fully saturated rings. The maximum Gasteiger partial charge on any atom is 0.341 e. The number of nitrogens with two attached hydrogens (primary N) is 1. The standard InChI is InChI=1S/C16H16ClNO2/c1-10(2)20-16(19)14-12(8-9-13(17)15(14)18)11-6-4-3-5-7-11/h3-10H,18H2,1-2H3. The molecule has 0 heterocycles. The Bertz CT molecular complexity index is 624. The molecule has 4 heteroatoms. The van der Waals surface area contributed by atoms with Crippen LogP contribution in [0.5, 0.6) is 0 Å². The molecule has 0 saturated heterocycles. The highest BCUT2D eigenvalue weighted by molar-refractivity contribution is 6.34. The van der Waals surface area contributed by atoms with E-state index in [2.05, 4.69) is 0 Å². The van der Waals surface area contributed by atoms with Crippen LogP contribution in [0.1, 0.15) is 24.2 Å². The molecule has 2 aromatic rings. The van der Waals surface area contributed by atoms with E-state index in [-0.39, 0.29) is 11.8 Å². The van der Waals surface area contributed by atoms with Crippen LogP contribution in [0.2, 0.25) is 5.02 Å². The molecule has 2 aromatic carbocycles. The normalized spacial score (nSPS) is 10.6. The van der Waals surface area contributed by atoms with Gasteiger partial charge in [-0.2, -0.15) is 0 Å². The summed E-state index contributed by atoms with van der Waals surface area (Å²) < 4.78 is 5.26. The van der Waals surface area contributed by atoms with Gasteiger partial charge in [0.2, 0.25) is 0 Å². The molecule has 0 bridgehead atoms. The van der Waals surface area contributed by atoms with Gasteiger partial charge in [0.05, 0.1) is 22.4 Å². The molecule has 0 amide bonds. The van der Waals surface area contributed by atoms with E-state index >= 15 is 0 Å². The van der Waals surface area contributed by atoms with E-state index in [9.17, 15) is 4.79 Å². The second-order valence-corrected chi connectivity index (χ2v) is 5.11. The first kappa shape index (κ1) is 14.4. The van der Waals surface area contributed by atoms with Gasteiger partial charge in [-0.25, -0.2) is 4.79 Å². The third-order valence-electron chi connectivity index (χ3n) is 2.82. The minimum atomic E-state index is -0.459.